The van der Waals surface area contributed by atoms with Crippen molar-refractivity contribution in [1.29, 1.82) is 10.5 Å². The lowest BCUT2D eigenvalue weighted by molar-refractivity contribution is 1.14. The Kier molecular flexibility index (Phi) is 8.21. The fraction of sp³-hybridized carbons (Fsp3) is 0. The maximum absolute atomic E-state index is 9.92. The van der Waals surface area contributed by atoms with Crippen molar-refractivity contribution in [2.45, 2.75) is 0 Å². The lowest BCUT2D eigenvalue weighted by Crippen LogP contribution is -2.01. The number of nitrogens with zero attached hydrogens (tertiary/aromatic N) is 5. The second-order valence-corrected chi connectivity index (χ2v) is 18.6. The van der Waals surface area contributed by atoms with E-state index in [-0.39, 0.29) is 0 Å². The molecule has 0 unspecified atom stereocenters. The third-order valence-corrected chi connectivity index (χ3v) is 15.0. The van der Waals surface area contributed by atoms with Gasteiger partial charge in [-0.1, -0.05) is 121 Å². The van der Waals surface area contributed by atoms with E-state index >= 15 is 0 Å². The minimum atomic E-state index is 0.457. The van der Waals surface area contributed by atoms with Crippen LogP contribution in [0.5, 0.6) is 0 Å². The number of hydrogen-bond donors (Lipinski definition) is 0. The third kappa shape index (κ3) is 5.53. The molecule has 0 spiro atoms. The number of nitriles is 2. The Hall–Kier alpha value is -9.20. The summed E-state index contributed by atoms with van der Waals surface area (Å²) in [7, 11) is 0. The Morgan fingerprint density at radius 2 is 0.985 bits per heavy atom. The van der Waals surface area contributed by atoms with Gasteiger partial charge in [0.25, 0.3) is 0 Å². The van der Waals surface area contributed by atoms with Gasteiger partial charge < -0.3 is 13.7 Å². The molecule has 0 aliphatic rings. The molecule has 0 aliphatic carbocycles. The Morgan fingerprint density at radius 3 is 1.75 bits per heavy atom. The van der Waals surface area contributed by atoms with Crippen LogP contribution in [-0.2, 0) is 0 Å². The number of aromatic nitrogens is 3. The molecule has 6 heteroatoms. The van der Waals surface area contributed by atoms with Gasteiger partial charge in [-0.05, 0) is 108 Å². The Balaban J connectivity index is 1.10. The topological polar surface area (TPSA) is 62.4 Å². The highest BCUT2D eigenvalue weighted by molar-refractivity contribution is 7.25. The largest absolute Gasteiger partial charge is 0.309 e. The van der Waals surface area contributed by atoms with E-state index in [0.717, 1.165) is 66.9 Å². The standard InChI is InChI=1S/C62H35N5S/c63-36-38-29-39(37-64)31-42(30-38)40-13-12-14-41(32-40)45-26-25-44(65-53-21-8-5-18-47(53)51-34-52-48-19-7-11-24-59(48)68-60(52)35-58(51)65)33-57(45)67-55-23-10-6-20-50(55)61-56(67)28-27-49-46-17-4-9-22-54(46)66(62(49)61)43-15-2-1-3-16-43/h1-35H. The van der Waals surface area contributed by atoms with Crippen LogP contribution < -0.4 is 0 Å². The van der Waals surface area contributed by atoms with Gasteiger partial charge in [0.05, 0.1) is 62.1 Å². The second kappa shape index (κ2) is 14.7. The molecular formula is C62H35N5S. The summed E-state index contributed by atoms with van der Waals surface area (Å²) in [6, 6.07) is 80.4. The van der Waals surface area contributed by atoms with Gasteiger partial charge in [-0.25, -0.2) is 0 Å². The summed E-state index contributed by atoms with van der Waals surface area (Å²) in [4.78, 5) is 0. The van der Waals surface area contributed by atoms with Crippen molar-refractivity contribution in [3.63, 3.8) is 0 Å². The molecule has 0 atom stereocenters. The smallest absolute Gasteiger partial charge is 0.0992 e. The zero-order valence-electron chi connectivity index (χ0n) is 36.4. The van der Waals surface area contributed by atoms with Crippen molar-refractivity contribution in [1.82, 2.24) is 13.7 Å². The van der Waals surface area contributed by atoms with Gasteiger partial charge in [0.15, 0.2) is 0 Å². The van der Waals surface area contributed by atoms with Crippen LogP contribution in [0.15, 0.2) is 212 Å². The van der Waals surface area contributed by atoms with Gasteiger partial charge in [0, 0.05) is 69.4 Å². The summed E-state index contributed by atoms with van der Waals surface area (Å²) in [5.41, 5.74) is 14.8. The molecule has 14 rings (SSSR count). The minimum Gasteiger partial charge on any atom is -0.309 e. The molecule has 4 aromatic heterocycles. The first-order valence-electron chi connectivity index (χ1n) is 22.7. The molecule has 5 nitrogen and oxygen atoms in total. The van der Waals surface area contributed by atoms with Gasteiger partial charge in [-0.2, -0.15) is 10.5 Å². The van der Waals surface area contributed by atoms with Crippen LogP contribution in [0.3, 0.4) is 0 Å². The third-order valence-electron chi connectivity index (χ3n) is 13.8. The van der Waals surface area contributed by atoms with Crippen molar-refractivity contribution < 1.29 is 0 Å². The second-order valence-electron chi connectivity index (χ2n) is 17.5. The molecule has 0 saturated carbocycles. The van der Waals surface area contributed by atoms with E-state index in [1.165, 1.54) is 58.0 Å². The highest BCUT2D eigenvalue weighted by atomic mass is 32.1. The molecule has 68 heavy (non-hydrogen) atoms. The van der Waals surface area contributed by atoms with E-state index in [9.17, 15) is 10.5 Å². The number of hydrogen-bond acceptors (Lipinski definition) is 3. The fourth-order valence-electron chi connectivity index (χ4n) is 11.0. The van der Waals surface area contributed by atoms with Crippen LogP contribution in [0.4, 0.5) is 0 Å². The van der Waals surface area contributed by atoms with Crippen LogP contribution in [-0.4, -0.2) is 13.7 Å². The molecule has 0 fully saturated rings. The molecule has 10 aromatic carbocycles. The van der Waals surface area contributed by atoms with E-state index in [1.807, 2.05) is 23.5 Å². The van der Waals surface area contributed by atoms with Crippen molar-refractivity contribution in [2.75, 3.05) is 0 Å². The zero-order chi connectivity index (χ0) is 45.0. The molecule has 14 aromatic rings. The normalized spacial score (nSPS) is 11.8. The first-order valence-corrected chi connectivity index (χ1v) is 23.5. The van der Waals surface area contributed by atoms with Crippen molar-refractivity contribution in [2.24, 2.45) is 0 Å². The summed E-state index contributed by atoms with van der Waals surface area (Å²) < 4.78 is 9.88. The molecule has 0 amide bonds. The minimum absolute atomic E-state index is 0.457. The van der Waals surface area contributed by atoms with Gasteiger partial charge in [-0.15, -0.1) is 11.3 Å². The summed E-state index contributed by atoms with van der Waals surface area (Å²) >= 11 is 1.84. The fourth-order valence-corrected chi connectivity index (χ4v) is 12.1. The van der Waals surface area contributed by atoms with Crippen molar-refractivity contribution >= 4 is 96.9 Å². The number of para-hydroxylation sites is 4. The highest BCUT2D eigenvalue weighted by Gasteiger charge is 2.24. The SMILES string of the molecule is N#Cc1cc(C#N)cc(-c2cccc(-c3ccc(-n4c5ccccc5c5cc6c(cc54)sc4ccccc46)cc3-n3c4ccccc4c4c3ccc3c5ccccc5n(-c5ccccc5)c34)c2)c1. The van der Waals surface area contributed by atoms with Gasteiger partial charge in [-0.3, -0.25) is 0 Å². The van der Waals surface area contributed by atoms with E-state index in [2.05, 4.69) is 220 Å². The summed E-state index contributed by atoms with van der Waals surface area (Å²) in [5.74, 6) is 0. The van der Waals surface area contributed by atoms with Crippen molar-refractivity contribution in [3.05, 3.63) is 223 Å². The van der Waals surface area contributed by atoms with E-state index < -0.39 is 0 Å². The molecule has 0 aliphatic heterocycles. The zero-order valence-corrected chi connectivity index (χ0v) is 37.2. The van der Waals surface area contributed by atoms with E-state index in [0.29, 0.717) is 11.1 Å². The van der Waals surface area contributed by atoms with E-state index in [1.54, 1.807) is 6.07 Å². The van der Waals surface area contributed by atoms with Crippen LogP contribution >= 0.6 is 11.3 Å². The first kappa shape index (κ1) is 38.1. The Labute approximate surface area is 394 Å². The lowest BCUT2D eigenvalue weighted by Gasteiger charge is -2.18. The molecule has 314 valence electrons. The van der Waals surface area contributed by atoms with Crippen LogP contribution in [0.25, 0.3) is 125 Å². The molecular weight excluding hydrogens is 847 g/mol. The van der Waals surface area contributed by atoms with Crippen LogP contribution in [0.2, 0.25) is 0 Å². The molecule has 0 N–H and O–H groups in total. The predicted octanol–water partition coefficient (Wildman–Crippen LogP) is 16.4. The number of fused-ring (bicyclic) bond motifs is 13. The number of thiophene rings is 1. The number of rotatable bonds is 5. The Morgan fingerprint density at radius 1 is 0.338 bits per heavy atom. The van der Waals surface area contributed by atoms with Gasteiger partial charge in [0.2, 0.25) is 0 Å². The highest BCUT2D eigenvalue weighted by Crippen LogP contribution is 2.46. The molecule has 0 saturated heterocycles. The van der Waals surface area contributed by atoms with Gasteiger partial charge >= 0.3 is 0 Å². The Bertz CT molecular complexity index is 4500. The van der Waals surface area contributed by atoms with Crippen LogP contribution in [0, 0.1) is 22.7 Å². The lowest BCUT2D eigenvalue weighted by atomic mass is 9.95. The van der Waals surface area contributed by atoms with Crippen LogP contribution in [0.1, 0.15) is 11.1 Å². The molecule has 0 bridgehead atoms. The maximum atomic E-state index is 9.92. The first-order chi connectivity index (χ1) is 33.6. The van der Waals surface area contributed by atoms with Gasteiger partial charge in [0.1, 0.15) is 0 Å². The maximum Gasteiger partial charge on any atom is 0.0992 e. The summed E-state index contributed by atoms with van der Waals surface area (Å²) in [6.07, 6.45) is 0. The monoisotopic (exact) mass is 881 g/mol. The molecule has 0 radical (unpaired) electrons. The molecule has 4 heterocycles. The average Bonchev–Trinajstić information content (AvgIpc) is 4.14. The quantitative estimate of drug-likeness (QED) is 0.173. The average molecular weight is 882 g/mol. The number of benzene rings is 10. The summed E-state index contributed by atoms with van der Waals surface area (Å²) in [5, 5.41) is 29.6. The van der Waals surface area contributed by atoms with Crippen molar-refractivity contribution in [3.8, 4) is 51.5 Å². The van der Waals surface area contributed by atoms with E-state index in [4.69, 9.17) is 0 Å². The summed E-state index contributed by atoms with van der Waals surface area (Å²) in [6.45, 7) is 0. The predicted molar refractivity (Wildman–Crippen MR) is 283 cm³/mol.